The van der Waals surface area contributed by atoms with Crippen LogP contribution in [-0.2, 0) is 9.59 Å². The van der Waals surface area contributed by atoms with E-state index in [0.717, 1.165) is 6.42 Å². The van der Waals surface area contributed by atoms with Gasteiger partial charge in [-0.2, -0.15) is 0 Å². The summed E-state index contributed by atoms with van der Waals surface area (Å²) in [5, 5.41) is 14.5. The zero-order valence-electron chi connectivity index (χ0n) is 10.4. The first-order chi connectivity index (χ1) is 7.43. The van der Waals surface area contributed by atoms with Crippen LogP contribution in [0.1, 0.15) is 27.2 Å². The first-order valence-corrected chi connectivity index (χ1v) is 5.61. The molecule has 0 aliphatic rings. The monoisotopic (exact) mass is 230 g/mol. The second-order valence-corrected chi connectivity index (χ2v) is 4.17. The summed E-state index contributed by atoms with van der Waals surface area (Å²) < 4.78 is 0. The summed E-state index contributed by atoms with van der Waals surface area (Å²) in [6.45, 7) is 6.03. The predicted molar refractivity (Wildman–Crippen MR) is 62.1 cm³/mol. The summed E-state index contributed by atoms with van der Waals surface area (Å²) >= 11 is 0. The van der Waals surface area contributed by atoms with Crippen LogP contribution in [0.5, 0.6) is 0 Å². The molecule has 0 aromatic carbocycles. The Bertz CT molecular complexity index is 243. The van der Waals surface area contributed by atoms with Crippen molar-refractivity contribution in [1.82, 2.24) is 10.6 Å². The van der Waals surface area contributed by atoms with E-state index in [1.807, 2.05) is 13.8 Å². The van der Waals surface area contributed by atoms with Gasteiger partial charge in [0.1, 0.15) is 6.04 Å². The molecule has 16 heavy (non-hydrogen) atoms. The minimum atomic E-state index is -0.973. The average Bonchev–Trinajstić information content (AvgIpc) is 2.24. The van der Waals surface area contributed by atoms with Crippen molar-refractivity contribution >= 4 is 11.9 Å². The molecule has 0 rings (SSSR count). The first kappa shape index (κ1) is 14.9. The van der Waals surface area contributed by atoms with E-state index in [2.05, 4.69) is 10.6 Å². The third-order valence-electron chi connectivity index (χ3n) is 2.73. The number of aliphatic carboxylic acids is 1. The van der Waals surface area contributed by atoms with Crippen LogP contribution in [0.3, 0.4) is 0 Å². The van der Waals surface area contributed by atoms with Crippen LogP contribution < -0.4 is 10.6 Å². The normalized spacial score (nSPS) is 16.2. The second kappa shape index (κ2) is 7.22. The van der Waals surface area contributed by atoms with Crippen molar-refractivity contribution in [3.63, 3.8) is 0 Å². The van der Waals surface area contributed by atoms with Crippen LogP contribution >= 0.6 is 0 Å². The summed E-state index contributed by atoms with van der Waals surface area (Å²) in [5.74, 6) is -1.49. The van der Waals surface area contributed by atoms with Crippen LogP contribution in [0.4, 0.5) is 0 Å². The summed E-state index contributed by atoms with van der Waals surface area (Å²) in [4.78, 5) is 22.6. The Balaban J connectivity index is 4.40. The van der Waals surface area contributed by atoms with Gasteiger partial charge in [0.15, 0.2) is 0 Å². The lowest BCUT2D eigenvalue weighted by atomic mass is 9.98. The quantitative estimate of drug-likeness (QED) is 0.593. The van der Waals surface area contributed by atoms with E-state index >= 15 is 0 Å². The third kappa shape index (κ3) is 4.61. The van der Waals surface area contributed by atoms with Gasteiger partial charge in [0.2, 0.25) is 5.91 Å². The van der Waals surface area contributed by atoms with Crippen molar-refractivity contribution in [3.8, 4) is 0 Å². The summed E-state index contributed by atoms with van der Waals surface area (Å²) in [6, 6.07) is -0.795. The lowest BCUT2D eigenvalue weighted by Crippen LogP contribution is -2.48. The van der Waals surface area contributed by atoms with E-state index in [9.17, 15) is 9.59 Å². The van der Waals surface area contributed by atoms with Crippen molar-refractivity contribution < 1.29 is 14.7 Å². The minimum absolute atomic E-state index is 0.0664. The fourth-order valence-electron chi connectivity index (χ4n) is 1.38. The highest BCUT2D eigenvalue weighted by molar-refractivity contribution is 5.85. The highest BCUT2D eigenvalue weighted by Gasteiger charge is 2.26. The zero-order chi connectivity index (χ0) is 12.7. The maximum atomic E-state index is 11.7. The Kier molecular flexibility index (Phi) is 6.72. The standard InChI is InChI=1S/C11H22N2O3/c1-5-7(2)9(11(15)16)13-10(14)8(3)6-12-4/h7-9,12H,5-6H2,1-4H3,(H,13,14)(H,15,16). The summed E-state index contributed by atoms with van der Waals surface area (Å²) in [5.41, 5.74) is 0. The average molecular weight is 230 g/mol. The van der Waals surface area contributed by atoms with Gasteiger partial charge in [-0.05, 0) is 13.0 Å². The van der Waals surface area contributed by atoms with E-state index < -0.39 is 12.0 Å². The molecule has 3 unspecified atom stereocenters. The van der Waals surface area contributed by atoms with Crippen LogP contribution in [0.25, 0.3) is 0 Å². The Labute approximate surface area is 96.6 Å². The van der Waals surface area contributed by atoms with Crippen molar-refractivity contribution in [2.45, 2.75) is 33.2 Å². The highest BCUT2D eigenvalue weighted by atomic mass is 16.4. The molecular formula is C11H22N2O3. The Morgan fingerprint density at radius 1 is 1.31 bits per heavy atom. The number of carboxylic acid groups (broad SMARTS) is 1. The molecule has 0 aliphatic carbocycles. The van der Waals surface area contributed by atoms with Crippen LogP contribution in [0, 0.1) is 11.8 Å². The molecule has 94 valence electrons. The van der Waals surface area contributed by atoms with E-state index in [4.69, 9.17) is 5.11 Å². The van der Waals surface area contributed by atoms with Gasteiger partial charge in [-0.25, -0.2) is 4.79 Å². The van der Waals surface area contributed by atoms with E-state index in [1.165, 1.54) is 0 Å². The van der Waals surface area contributed by atoms with Crippen molar-refractivity contribution in [2.24, 2.45) is 11.8 Å². The molecule has 5 nitrogen and oxygen atoms in total. The fraction of sp³-hybridized carbons (Fsp3) is 0.818. The van der Waals surface area contributed by atoms with Gasteiger partial charge in [-0.1, -0.05) is 27.2 Å². The Hall–Kier alpha value is -1.10. The van der Waals surface area contributed by atoms with Gasteiger partial charge in [-0.15, -0.1) is 0 Å². The SMILES string of the molecule is CCC(C)C(NC(=O)C(C)CNC)C(=O)O. The van der Waals surface area contributed by atoms with E-state index in [1.54, 1.807) is 14.0 Å². The summed E-state index contributed by atoms with van der Waals surface area (Å²) in [6.07, 6.45) is 0.720. The van der Waals surface area contributed by atoms with Gasteiger partial charge in [0, 0.05) is 12.5 Å². The molecule has 0 aliphatic heterocycles. The summed E-state index contributed by atoms with van der Waals surface area (Å²) in [7, 11) is 1.76. The molecule has 0 aromatic rings. The molecule has 0 bridgehead atoms. The lowest BCUT2D eigenvalue weighted by Gasteiger charge is -2.22. The maximum Gasteiger partial charge on any atom is 0.326 e. The number of rotatable bonds is 7. The number of carbonyl (C=O) groups is 2. The fourth-order valence-corrected chi connectivity index (χ4v) is 1.38. The van der Waals surface area contributed by atoms with Gasteiger partial charge in [0.25, 0.3) is 0 Å². The first-order valence-electron chi connectivity index (χ1n) is 5.61. The minimum Gasteiger partial charge on any atom is -0.480 e. The largest absolute Gasteiger partial charge is 0.480 e. The van der Waals surface area contributed by atoms with Gasteiger partial charge >= 0.3 is 5.97 Å². The molecule has 1 amide bonds. The van der Waals surface area contributed by atoms with Crippen molar-refractivity contribution in [2.75, 3.05) is 13.6 Å². The van der Waals surface area contributed by atoms with Crippen LogP contribution in [-0.4, -0.2) is 36.6 Å². The second-order valence-electron chi connectivity index (χ2n) is 4.17. The van der Waals surface area contributed by atoms with E-state index in [-0.39, 0.29) is 17.7 Å². The van der Waals surface area contributed by atoms with Crippen LogP contribution in [0.15, 0.2) is 0 Å². The Morgan fingerprint density at radius 3 is 2.25 bits per heavy atom. The predicted octanol–water partition coefficient (Wildman–Crippen LogP) is 0.457. The number of hydrogen-bond acceptors (Lipinski definition) is 3. The number of carbonyl (C=O) groups excluding carboxylic acids is 1. The smallest absolute Gasteiger partial charge is 0.326 e. The molecule has 3 N–H and O–H groups in total. The van der Waals surface area contributed by atoms with Crippen molar-refractivity contribution in [3.05, 3.63) is 0 Å². The molecule has 0 heterocycles. The highest BCUT2D eigenvalue weighted by Crippen LogP contribution is 2.08. The van der Waals surface area contributed by atoms with Gasteiger partial charge in [0.05, 0.1) is 0 Å². The molecule has 0 spiro atoms. The lowest BCUT2D eigenvalue weighted by molar-refractivity contribution is -0.143. The molecule has 0 saturated heterocycles. The number of hydrogen-bond donors (Lipinski definition) is 3. The Morgan fingerprint density at radius 2 is 1.88 bits per heavy atom. The molecular weight excluding hydrogens is 208 g/mol. The molecule has 0 fully saturated rings. The van der Waals surface area contributed by atoms with Gasteiger partial charge < -0.3 is 15.7 Å². The van der Waals surface area contributed by atoms with Crippen LogP contribution in [0.2, 0.25) is 0 Å². The zero-order valence-corrected chi connectivity index (χ0v) is 10.4. The number of nitrogens with one attached hydrogen (secondary N) is 2. The third-order valence-corrected chi connectivity index (χ3v) is 2.73. The number of amides is 1. The molecule has 0 saturated carbocycles. The molecule has 0 aromatic heterocycles. The topological polar surface area (TPSA) is 78.4 Å². The number of carboxylic acids is 1. The maximum absolute atomic E-state index is 11.7. The molecule has 3 atom stereocenters. The molecule has 5 heteroatoms. The molecule has 0 radical (unpaired) electrons. The van der Waals surface area contributed by atoms with E-state index in [0.29, 0.717) is 6.54 Å². The van der Waals surface area contributed by atoms with Crippen molar-refractivity contribution in [1.29, 1.82) is 0 Å². The van der Waals surface area contributed by atoms with Gasteiger partial charge in [-0.3, -0.25) is 4.79 Å².